The minimum absolute atomic E-state index is 0.0789. The summed E-state index contributed by atoms with van der Waals surface area (Å²) in [6, 6.07) is 20.5. The monoisotopic (exact) mass is 695 g/mol. The van der Waals surface area contributed by atoms with E-state index in [0.717, 1.165) is 24.3 Å². The molecule has 6 N–H and O–H groups in total. The summed E-state index contributed by atoms with van der Waals surface area (Å²) in [5, 5.41) is 52.4. The van der Waals surface area contributed by atoms with Crippen molar-refractivity contribution in [2.24, 2.45) is 0 Å². The molecule has 2 aromatic carbocycles. The van der Waals surface area contributed by atoms with Crippen LogP contribution in [0.15, 0.2) is 67.0 Å². The molecule has 2 aliphatic rings. The number of carboxylic acids is 1. The van der Waals surface area contributed by atoms with Gasteiger partial charge >= 0.3 is 12.1 Å². The number of anilines is 2. The van der Waals surface area contributed by atoms with Gasteiger partial charge in [-0.15, -0.1) is 15.0 Å². The maximum absolute atomic E-state index is 11.4. The van der Waals surface area contributed by atoms with Gasteiger partial charge in [-0.25, -0.2) is 9.78 Å². The van der Waals surface area contributed by atoms with E-state index in [9.17, 15) is 23.4 Å². The van der Waals surface area contributed by atoms with Crippen molar-refractivity contribution in [2.45, 2.75) is 62.2 Å². The van der Waals surface area contributed by atoms with E-state index in [2.05, 4.69) is 79.9 Å². The molecule has 50 heavy (non-hydrogen) atoms. The second-order valence-electron chi connectivity index (χ2n) is 12.2. The lowest BCUT2D eigenvalue weighted by Crippen LogP contribution is -2.45. The first-order valence-electron chi connectivity index (χ1n) is 16.0. The molecule has 2 fully saturated rings. The molecule has 4 heterocycles. The summed E-state index contributed by atoms with van der Waals surface area (Å²) in [6.07, 6.45) is -2.95. The molecule has 18 heteroatoms. The van der Waals surface area contributed by atoms with Crippen LogP contribution < -0.4 is 16.0 Å². The molecule has 0 amide bonds. The zero-order valence-electron chi connectivity index (χ0n) is 26.9. The Balaban J connectivity index is 0.000000561. The molecule has 5 aromatic rings. The fourth-order valence-corrected chi connectivity index (χ4v) is 6.24. The Hall–Kier alpha value is -5.20. The highest BCUT2D eigenvalue weighted by molar-refractivity contribution is 5.84. The van der Waals surface area contributed by atoms with Gasteiger partial charge < -0.3 is 35.8 Å². The molecule has 4 atom stereocenters. The molecule has 0 radical (unpaired) electrons. The van der Waals surface area contributed by atoms with E-state index in [0.29, 0.717) is 41.7 Å². The van der Waals surface area contributed by atoms with E-state index >= 15 is 0 Å². The number of fused-ring (bicyclic) bond motifs is 1. The van der Waals surface area contributed by atoms with Crippen molar-refractivity contribution in [3.63, 3.8) is 0 Å². The summed E-state index contributed by atoms with van der Waals surface area (Å²) < 4.78 is 33.6. The number of hydrogen-bond donors (Lipinski definition) is 6. The van der Waals surface area contributed by atoms with Gasteiger partial charge in [-0.1, -0.05) is 60.7 Å². The molecule has 0 unspecified atom stereocenters. The second-order valence-corrected chi connectivity index (χ2v) is 12.2. The minimum Gasteiger partial charge on any atom is -0.475 e. The molecule has 1 saturated heterocycles. The van der Waals surface area contributed by atoms with Crippen molar-refractivity contribution in [3.8, 4) is 0 Å². The van der Waals surface area contributed by atoms with Crippen LogP contribution in [0.3, 0.4) is 0 Å². The van der Waals surface area contributed by atoms with Crippen LogP contribution in [-0.4, -0.2) is 99.0 Å². The number of aliphatic carboxylic acids is 1. The maximum atomic E-state index is 11.4. The van der Waals surface area contributed by atoms with Crippen LogP contribution in [0.4, 0.5) is 24.9 Å². The Kier molecular flexibility index (Phi) is 9.94. The van der Waals surface area contributed by atoms with Crippen molar-refractivity contribution in [1.29, 1.82) is 0 Å². The smallest absolute Gasteiger partial charge is 0.475 e. The molecule has 264 valence electrons. The van der Waals surface area contributed by atoms with Gasteiger partial charge in [0.05, 0.1) is 12.4 Å². The number of benzene rings is 2. The third-order valence-electron chi connectivity index (χ3n) is 8.80. The van der Waals surface area contributed by atoms with Crippen LogP contribution in [0, 0.1) is 6.92 Å². The van der Waals surface area contributed by atoms with E-state index in [1.54, 1.807) is 13.3 Å². The van der Waals surface area contributed by atoms with Gasteiger partial charge in [0.15, 0.2) is 22.8 Å². The van der Waals surface area contributed by atoms with Crippen molar-refractivity contribution in [1.82, 2.24) is 45.0 Å². The van der Waals surface area contributed by atoms with Crippen molar-refractivity contribution < 1.29 is 33.3 Å². The zero-order valence-corrected chi connectivity index (χ0v) is 26.9. The number of nitrogens with zero attached hydrogens (tertiary/aromatic N) is 8. The third-order valence-corrected chi connectivity index (χ3v) is 8.80. The number of halogens is 3. The number of hydrogen-bond acceptors (Lipinski definition) is 12. The predicted molar refractivity (Wildman–Crippen MR) is 174 cm³/mol. The predicted octanol–water partition coefficient (Wildman–Crippen LogP) is 2.81. The molecule has 1 aliphatic carbocycles. The molecule has 0 spiro atoms. The Labute approximate surface area is 283 Å². The molecule has 1 aliphatic heterocycles. The number of rotatable bonds is 9. The number of alkyl halides is 3. The fraction of sp³-hybridized carbons (Fsp3) is 0.406. The largest absolute Gasteiger partial charge is 0.490 e. The van der Waals surface area contributed by atoms with Crippen LogP contribution in [0.5, 0.6) is 0 Å². The van der Waals surface area contributed by atoms with Gasteiger partial charge in [-0.05, 0) is 42.7 Å². The summed E-state index contributed by atoms with van der Waals surface area (Å²) in [6.45, 7) is 4.03. The first-order chi connectivity index (χ1) is 23.9. The maximum Gasteiger partial charge on any atom is 0.490 e. The highest BCUT2D eigenvalue weighted by Crippen LogP contribution is 2.42. The summed E-state index contributed by atoms with van der Waals surface area (Å²) in [5.41, 5.74) is 1.85. The Morgan fingerprint density at radius 3 is 2.30 bits per heavy atom. The van der Waals surface area contributed by atoms with Gasteiger partial charge in [-0.2, -0.15) is 23.1 Å². The number of aromatic nitrogens is 8. The number of carboxylic acid groups (broad SMARTS) is 1. The molecule has 0 bridgehead atoms. The van der Waals surface area contributed by atoms with Gasteiger partial charge in [-0.3, -0.25) is 0 Å². The lowest BCUT2D eigenvalue weighted by Gasteiger charge is -2.27. The van der Waals surface area contributed by atoms with Crippen LogP contribution in [0.25, 0.3) is 11.2 Å². The fourth-order valence-electron chi connectivity index (χ4n) is 6.24. The number of aliphatic hydroxyl groups is 2. The Morgan fingerprint density at radius 2 is 1.74 bits per heavy atom. The van der Waals surface area contributed by atoms with Crippen molar-refractivity contribution >= 4 is 28.9 Å². The van der Waals surface area contributed by atoms with E-state index in [4.69, 9.17) is 24.9 Å². The van der Waals surface area contributed by atoms with E-state index in [1.165, 1.54) is 11.1 Å². The number of aliphatic hydroxyl groups excluding tert-OH is 1. The molecule has 1 saturated carbocycles. The topological polar surface area (TPSA) is 201 Å². The van der Waals surface area contributed by atoms with Crippen LogP contribution in [0.1, 0.15) is 48.2 Å². The molecule has 7 rings (SSSR count). The van der Waals surface area contributed by atoms with Crippen LogP contribution in [-0.2, 0) is 10.5 Å². The highest BCUT2D eigenvalue weighted by Gasteiger charge is 2.51. The minimum atomic E-state index is -5.08. The van der Waals surface area contributed by atoms with Crippen molar-refractivity contribution in [3.05, 3.63) is 83.9 Å². The summed E-state index contributed by atoms with van der Waals surface area (Å²) in [5.74, 6) is -1.17. The molecular formula is C32H36F3N11O4. The zero-order chi connectivity index (χ0) is 35.5. The van der Waals surface area contributed by atoms with Gasteiger partial charge in [0.2, 0.25) is 11.7 Å². The molecule has 15 nitrogen and oxygen atoms in total. The lowest BCUT2D eigenvalue weighted by molar-refractivity contribution is -0.192. The third kappa shape index (κ3) is 7.36. The summed E-state index contributed by atoms with van der Waals surface area (Å²) in [7, 11) is 0. The number of carbonyl (C=O) groups is 1. The molecular weight excluding hydrogens is 659 g/mol. The van der Waals surface area contributed by atoms with Crippen molar-refractivity contribution in [2.75, 3.05) is 30.3 Å². The molecule has 3 aromatic heterocycles. The van der Waals surface area contributed by atoms with Crippen LogP contribution in [0.2, 0.25) is 0 Å². The number of aryl methyl sites for hydroxylation is 1. The van der Waals surface area contributed by atoms with Gasteiger partial charge in [0.1, 0.15) is 6.10 Å². The Bertz CT molecular complexity index is 1860. The van der Waals surface area contributed by atoms with E-state index in [1.807, 2.05) is 16.7 Å². The van der Waals surface area contributed by atoms with E-state index in [-0.39, 0.29) is 18.4 Å². The normalized spacial score (nSPS) is 22.0. The Morgan fingerprint density at radius 1 is 1.08 bits per heavy atom. The SMILES string of the molecule is Cc1nnn([C@@]2(O)CC[C@@H](n3cnc4c(NCC(c5ccccc5)c5ccccc5)nc(N[C@@H]5CCNC5)nc43)[C@@H]2O)n1.O=C(O)C(F)(F)F. The summed E-state index contributed by atoms with van der Waals surface area (Å²) >= 11 is 0. The van der Waals surface area contributed by atoms with Crippen LogP contribution >= 0.6 is 0 Å². The first-order valence-corrected chi connectivity index (χ1v) is 16.0. The van der Waals surface area contributed by atoms with Gasteiger partial charge in [0.25, 0.3) is 0 Å². The number of nitrogens with one attached hydrogen (secondary N) is 3. The van der Waals surface area contributed by atoms with E-state index < -0.39 is 30.0 Å². The average molecular weight is 696 g/mol. The second kappa shape index (κ2) is 14.3. The number of tetrazole rings is 1. The summed E-state index contributed by atoms with van der Waals surface area (Å²) in [4.78, 5) is 24.5. The standard InChI is InChI=1S/C30H35N11O2.C2HF3O2/c1-19-37-39-41(38-19)30(43)14-12-24(26(30)42)40-18-33-25-27(35-29(36-28(25)40)34-22-13-15-31-16-22)32-17-23(20-8-4-2-5-9-20)21-10-6-3-7-11-21;3-2(4,5)1(6)7/h2-11,18,22-24,26,31,42-43H,12-17H2,1H3,(H2,32,34,35,36);(H,6,7)/t22-,24-,26+,30-;/m1./s1. The number of imidazole rings is 1. The van der Waals surface area contributed by atoms with Gasteiger partial charge in [0, 0.05) is 31.5 Å². The lowest BCUT2D eigenvalue weighted by atomic mass is 9.91. The highest BCUT2D eigenvalue weighted by atomic mass is 19.4. The first kappa shape index (κ1) is 34.7. The quantitative estimate of drug-likeness (QED) is 0.132. The average Bonchev–Trinajstić information content (AvgIpc) is 3.91.